The summed E-state index contributed by atoms with van der Waals surface area (Å²) < 4.78 is 0. The van der Waals surface area contributed by atoms with Gasteiger partial charge in [-0.3, -0.25) is 0 Å². The Morgan fingerprint density at radius 3 is 2.00 bits per heavy atom. The zero-order valence-electron chi connectivity index (χ0n) is 4.96. The van der Waals surface area contributed by atoms with Gasteiger partial charge in [0.25, 0.3) is 0 Å². The van der Waals surface area contributed by atoms with E-state index in [9.17, 15) is 0 Å². The predicted molar refractivity (Wildman–Crippen MR) is 31.4 cm³/mol. The molecule has 6 aliphatic carbocycles. The molecule has 44 valence electrons. The minimum atomic E-state index is 0.409. The molecule has 6 rings (SSSR count). The Morgan fingerprint density at radius 1 is 1.11 bits per heavy atom. The molecule has 0 amide bonds. The molecule has 0 saturated heterocycles. The molecule has 6 atom stereocenters. The second-order valence-electron chi connectivity index (χ2n) is 4.44. The van der Waals surface area contributed by atoms with Crippen LogP contribution in [0.2, 0.25) is 0 Å². The molecule has 0 radical (unpaired) electrons. The van der Waals surface area contributed by atoms with E-state index in [1.54, 1.807) is 0 Å². The molecule has 0 bridgehead atoms. The zero-order valence-corrected chi connectivity index (χ0v) is 4.96. The second kappa shape index (κ2) is 0.485. The van der Waals surface area contributed by atoms with Crippen LogP contribution in [0.1, 0.15) is 0 Å². The molecule has 4 fully saturated rings. The molecular formula is C8H7N. The van der Waals surface area contributed by atoms with Crippen LogP contribution in [0.3, 0.4) is 0 Å². The Bertz CT molecular complexity index is 291. The summed E-state index contributed by atoms with van der Waals surface area (Å²) in [6, 6.07) is 0. The number of nitrogens with two attached hydrogens (primary N) is 1. The standard InChI is InChI=1S/C8H7N/c9-8-5-2-1-3(5)7(8)4(1)6(2)8/h2-3,5-7H,9H2/t2?,3?,5?,6-,7?,8?/m1/s1. The monoisotopic (exact) mass is 117 g/mol. The Hall–Kier alpha value is -0.300. The highest BCUT2D eigenvalue weighted by Crippen LogP contribution is 2.98. The molecular weight excluding hydrogens is 110 g/mol. The van der Waals surface area contributed by atoms with E-state index >= 15 is 0 Å². The number of allylic oxidation sites excluding steroid dienone is 1. The van der Waals surface area contributed by atoms with Gasteiger partial charge < -0.3 is 5.73 Å². The van der Waals surface area contributed by atoms with Crippen molar-refractivity contribution in [3.63, 3.8) is 0 Å². The van der Waals surface area contributed by atoms with Crippen molar-refractivity contribution in [1.82, 2.24) is 0 Å². The Balaban J connectivity index is 2.09. The van der Waals surface area contributed by atoms with Crippen molar-refractivity contribution in [3.8, 4) is 0 Å². The highest BCUT2D eigenvalue weighted by Gasteiger charge is 2.98. The molecule has 0 heterocycles. The van der Waals surface area contributed by atoms with Crippen molar-refractivity contribution in [2.24, 2.45) is 35.3 Å². The summed E-state index contributed by atoms with van der Waals surface area (Å²) in [5.74, 6) is 4.99. The van der Waals surface area contributed by atoms with Crippen LogP contribution < -0.4 is 5.73 Å². The molecule has 0 aromatic carbocycles. The first-order chi connectivity index (χ1) is 4.37. The summed E-state index contributed by atoms with van der Waals surface area (Å²) in [4.78, 5) is 0. The van der Waals surface area contributed by atoms with Gasteiger partial charge in [-0.15, -0.1) is 0 Å². The van der Waals surface area contributed by atoms with Gasteiger partial charge in [-0.25, -0.2) is 0 Å². The van der Waals surface area contributed by atoms with Crippen LogP contribution in [0.15, 0.2) is 11.1 Å². The van der Waals surface area contributed by atoms with Crippen LogP contribution in [0.25, 0.3) is 0 Å². The largest absolute Gasteiger partial charge is 0.324 e. The van der Waals surface area contributed by atoms with Crippen molar-refractivity contribution >= 4 is 0 Å². The van der Waals surface area contributed by atoms with Crippen LogP contribution in [0.5, 0.6) is 0 Å². The lowest BCUT2D eigenvalue weighted by Gasteiger charge is -3.00. The molecule has 0 aromatic rings. The predicted octanol–water partition coefficient (Wildman–Crippen LogP) is 0.130. The molecule has 5 unspecified atom stereocenters. The van der Waals surface area contributed by atoms with E-state index in [0.717, 1.165) is 29.6 Å². The van der Waals surface area contributed by atoms with Gasteiger partial charge in [0, 0.05) is 17.4 Å². The minimum absolute atomic E-state index is 0.409. The SMILES string of the molecule is NC12C3C4=C5C3C1C5[C@H]42. The third-order valence-electron chi connectivity index (χ3n) is 4.87. The maximum absolute atomic E-state index is 6.15. The minimum Gasteiger partial charge on any atom is -0.324 e. The molecule has 4 saturated carbocycles. The quantitative estimate of drug-likeness (QED) is 0.448. The van der Waals surface area contributed by atoms with Crippen molar-refractivity contribution in [2.75, 3.05) is 0 Å². The van der Waals surface area contributed by atoms with E-state index in [1.807, 2.05) is 11.1 Å². The van der Waals surface area contributed by atoms with E-state index < -0.39 is 0 Å². The van der Waals surface area contributed by atoms with Gasteiger partial charge >= 0.3 is 0 Å². The first kappa shape index (κ1) is 3.20. The van der Waals surface area contributed by atoms with E-state index in [1.165, 1.54) is 0 Å². The van der Waals surface area contributed by atoms with Crippen LogP contribution in [0, 0.1) is 29.6 Å². The maximum atomic E-state index is 6.15. The normalized spacial score (nSPS) is 89.7. The van der Waals surface area contributed by atoms with Gasteiger partial charge in [0.1, 0.15) is 0 Å². The summed E-state index contributed by atoms with van der Waals surface area (Å²) in [7, 11) is 0. The second-order valence-corrected chi connectivity index (χ2v) is 4.44. The summed E-state index contributed by atoms with van der Waals surface area (Å²) in [6.45, 7) is 0. The Labute approximate surface area is 52.9 Å². The average molecular weight is 117 g/mol. The Kier molecular flexibility index (Phi) is 0.172. The lowest BCUT2D eigenvalue weighted by Crippen LogP contribution is -3.03. The number of hydrogen-bond acceptors (Lipinski definition) is 1. The fourth-order valence-corrected chi connectivity index (χ4v) is 4.68. The average Bonchev–Trinajstić information content (AvgIpc) is 1.88. The lowest BCUT2D eigenvalue weighted by molar-refractivity contribution is -0.348. The van der Waals surface area contributed by atoms with Crippen molar-refractivity contribution in [2.45, 2.75) is 5.54 Å². The molecule has 0 aliphatic heterocycles. The van der Waals surface area contributed by atoms with E-state index in [-0.39, 0.29) is 0 Å². The van der Waals surface area contributed by atoms with Gasteiger partial charge in [0.2, 0.25) is 0 Å². The third kappa shape index (κ3) is 0.0868. The topological polar surface area (TPSA) is 26.0 Å². The number of hydrogen-bond donors (Lipinski definition) is 1. The molecule has 1 heteroatoms. The smallest absolute Gasteiger partial charge is 0.0339 e. The van der Waals surface area contributed by atoms with Crippen molar-refractivity contribution in [3.05, 3.63) is 11.1 Å². The Morgan fingerprint density at radius 2 is 1.78 bits per heavy atom. The fraction of sp³-hybridized carbons (Fsp3) is 0.750. The van der Waals surface area contributed by atoms with Crippen LogP contribution in [0.4, 0.5) is 0 Å². The molecule has 6 aliphatic rings. The molecule has 2 N–H and O–H groups in total. The lowest BCUT2D eigenvalue weighted by atomic mass is 9.05. The summed E-state index contributed by atoms with van der Waals surface area (Å²) in [5.41, 5.74) is 10.3. The van der Waals surface area contributed by atoms with Crippen LogP contribution in [-0.2, 0) is 0 Å². The van der Waals surface area contributed by atoms with Crippen molar-refractivity contribution < 1.29 is 0 Å². The van der Waals surface area contributed by atoms with E-state index in [2.05, 4.69) is 0 Å². The van der Waals surface area contributed by atoms with Gasteiger partial charge in [-0.2, -0.15) is 0 Å². The number of rotatable bonds is 0. The summed E-state index contributed by atoms with van der Waals surface area (Å²) >= 11 is 0. The van der Waals surface area contributed by atoms with Gasteiger partial charge in [-0.1, -0.05) is 11.1 Å². The van der Waals surface area contributed by atoms with Crippen LogP contribution >= 0.6 is 0 Å². The first-order valence-corrected chi connectivity index (χ1v) is 3.89. The van der Waals surface area contributed by atoms with Crippen LogP contribution in [-0.4, -0.2) is 5.54 Å². The molecule has 0 aromatic heterocycles. The first-order valence-electron chi connectivity index (χ1n) is 3.89. The fourth-order valence-electron chi connectivity index (χ4n) is 4.68. The van der Waals surface area contributed by atoms with Crippen molar-refractivity contribution in [1.29, 1.82) is 0 Å². The van der Waals surface area contributed by atoms with Gasteiger partial charge in [-0.05, 0) is 17.8 Å². The third-order valence-corrected chi connectivity index (χ3v) is 4.87. The molecule has 0 spiro atoms. The highest BCUT2D eigenvalue weighted by molar-refractivity contribution is 5.75. The summed E-state index contributed by atoms with van der Waals surface area (Å²) in [5, 5.41) is 0. The molecule has 9 heavy (non-hydrogen) atoms. The maximum Gasteiger partial charge on any atom is 0.0339 e. The zero-order chi connectivity index (χ0) is 5.54. The highest BCUT2D eigenvalue weighted by atomic mass is 15.1. The van der Waals surface area contributed by atoms with Gasteiger partial charge in [0.05, 0.1) is 0 Å². The molecule has 1 nitrogen and oxygen atoms in total. The van der Waals surface area contributed by atoms with Gasteiger partial charge in [0.15, 0.2) is 0 Å². The van der Waals surface area contributed by atoms with E-state index in [4.69, 9.17) is 5.73 Å². The van der Waals surface area contributed by atoms with E-state index in [0.29, 0.717) is 5.54 Å². The summed E-state index contributed by atoms with van der Waals surface area (Å²) in [6.07, 6.45) is 0.